The van der Waals surface area contributed by atoms with E-state index < -0.39 is 5.97 Å². The van der Waals surface area contributed by atoms with E-state index in [1.54, 1.807) is 23.5 Å². The zero-order chi connectivity index (χ0) is 21.5. The summed E-state index contributed by atoms with van der Waals surface area (Å²) >= 11 is 1.62. The Hall–Kier alpha value is -3.25. The highest BCUT2D eigenvalue weighted by atomic mass is 32.1. The summed E-state index contributed by atoms with van der Waals surface area (Å²) in [5.41, 5.74) is 5.06. The lowest BCUT2D eigenvalue weighted by atomic mass is 10.00. The van der Waals surface area contributed by atoms with E-state index in [0.29, 0.717) is 17.0 Å². The quantitative estimate of drug-likeness (QED) is 0.444. The zero-order valence-corrected chi connectivity index (χ0v) is 17.8. The first kappa shape index (κ1) is 21.5. The van der Waals surface area contributed by atoms with Gasteiger partial charge in [-0.3, -0.25) is 4.79 Å². The first-order chi connectivity index (χ1) is 14.5. The molecule has 3 rings (SSSR count). The van der Waals surface area contributed by atoms with Crippen molar-refractivity contribution in [3.05, 3.63) is 75.2 Å². The van der Waals surface area contributed by atoms with Crippen LogP contribution in [0.15, 0.2) is 47.8 Å². The summed E-state index contributed by atoms with van der Waals surface area (Å²) in [6.07, 6.45) is 4.86. The molecule has 0 aliphatic heterocycles. The van der Waals surface area contributed by atoms with Crippen molar-refractivity contribution in [1.82, 2.24) is 4.98 Å². The summed E-state index contributed by atoms with van der Waals surface area (Å²) in [6, 6.07) is 13.3. The molecule has 3 aromatic rings. The van der Waals surface area contributed by atoms with Crippen molar-refractivity contribution in [2.75, 3.05) is 5.32 Å². The number of carbonyl (C=O) groups excluding carboxylic acids is 1. The van der Waals surface area contributed by atoms with Crippen LogP contribution in [0.2, 0.25) is 0 Å². The second-order valence-electron chi connectivity index (χ2n) is 7.23. The molecule has 0 fully saturated rings. The van der Waals surface area contributed by atoms with E-state index in [0.717, 1.165) is 33.9 Å². The van der Waals surface area contributed by atoms with Gasteiger partial charge in [-0.1, -0.05) is 44.2 Å². The average Bonchev–Trinajstić information content (AvgIpc) is 3.18. The third-order valence-electron chi connectivity index (χ3n) is 4.62. The van der Waals surface area contributed by atoms with Crippen LogP contribution in [0.3, 0.4) is 0 Å². The molecule has 0 spiro atoms. The van der Waals surface area contributed by atoms with Crippen LogP contribution in [-0.2, 0) is 22.4 Å². The van der Waals surface area contributed by atoms with Gasteiger partial charge in [-0.05, 0) is 46.9 Å². The van der Waals surface area contributed by atoms with E-state index in [1.165, 1.54) is 0 Å². The average molecular weight is 421 g/mol. The lowest BCUT2D eigenvalue weighted by Gasteiger charge is -2.14. The lowest BCUT2D eigenvalue weighted by molar-refractivity contribution is -0.136. The number of hydrogen-bond donors (Lipinski definition) is 2. The van der Waals surface area contributed by atoms with Crippen LogP contribution >= 0.6 is 11.3 Å². The number of aromatic nitrogens is 1. The minimum Gasteiger partial charge on any atom is -0.481 e. The van der Waals surface area contributed by atoms with Gasteiger partial charge in [0.05, 0.1) is 12.1 Å². The van der Waals surface area contributed by atoms with E-state index in [9.17, 15) is 9.59 Å². The number of thiazole rings is 1. The predicted molar refractivity (Wildman–Crippen MR) is 122 cm³/mol. The molecular weight excluding hydrogens is 396 g/mol. The number of nitrogens with one attached hydrogen (secondary N) is 1. The molecule has 0 saturated heterocycles. The molecule has 5 nitrogen and oxygen atoms in total. The van der Waals surface area contributed by atoms with Gasteiger partial charge in [-0.25, -0.2) is 4.98 Å². The maximum Gasteiger partial charge on any atom is 0.307 e. The Labute approximate surface area is 180 Å². The third-order valence-corrected chi connectivity index (χ3v) is 5.45. The first-order valence-corrected chi connectivity index (χ1v) is 10.6. The maximum atomic E-state index is 11.1. The summed E-state index contributed by atoms with van der Waals surface area (Å²) in [4.78, 5) is 26.9. The third kappa shape index (κ3) is 5.64. The Morgan fingerprint density at radius 1 is 1.20 bits per heavy atom. The Morgan fingerprint density at radius 2 is 2.00 bits per heavy atom. The summed E-state index contributed by atoms with van der Waals surface area (Å²) in [5.74, 6) is -0.511. The summed E-state index contributed by atoms with van der Waals surface area (Å²) in [6.45, 7) is 4.25. The minimum atomic E-state index is -0.922. The molecule has 2 N–H and O–H groups in total. The fourth-order valence-electron chi connectivity index (χ4n) is 3.09. The van der Waals surface area contributed by atoms with Gasteiger partial charge in [0.15, 0.2) is 0 Å². The van der Waals surface area contributed by atoms with Gasteiger partial charge >= 0.3 is 5.97 Å². The number of aldehydes is 1. The molecule has 0 saturated carbocycles. The molecule has 0 atom stereocenters. The summed E-state index contributed by atoms with van der Waals surface area (Å²) < 4.78 is 0. The molecule has 1 heterocycles. The SMILES string of the molecule is CC(C)c1csc(C=Cc2cccc(Nc3cccc(CC(=O)O)c3CC=O)c2)n1. The highest BCUT2D eigenvalue weighted by Gasteiger charge is 2.11. The van der Waals surface area contributed by atoms with Gasteiger partial charge in [0.1, 0.15) is 11.3 Å². The van der Waals surface area contributed by atoms with Crippen molar-refractivity contribution < 1.29 is 14.7 Å². The minimum absolute atomic E-state index is 0.117. The van der Waals surface area contributed by atoms with Crippen LogP contribution < -0.4 is 5.32 Å². The van der Waals surface area contributed by atoms with Gasteiger partial charge in [0.25, 0.3) is 0 Å². The number of rotatable bonds is 9. The number of carboxylic acids is 1. The van der Waals surface area contributed by atoms with Crippen LogP contribution in [0.4, 0.5) is 11.4 Å². The van der Waals surface area contributed by atoms with Crippen LogP contribution in [0.1, 0.15) is 47.2 Å². The van der Waals surface area contributed by atoms with Crippen molar-refractivity contribution in [3.63, 3.8) is 0 Å². The second kappa shape index (κ2) is 9.98. The second-order valence-corrected chi connectivity index (χ2v) is 8.12. The fraction of sp³-hybridized carbons (Fsp3) is 0.208. The van der Waals surface area contributed by atoms with Crippen molar-refractivity contribution in [1.29, 1.82) is 0 Å². The van der Waals surface area contributed by atoms with Crippen molar-refractivity contribution >= 4 is 47.1 Å². The topological polar surface area (TPSA) is 79.3 Å². The van der Waals surface area contributed by atoms with E-state index in [2.05, 4.69) is 29.5 Å². The normalized spacial score (nSPS) is 11.2. The number of nitrogens with zero attached hydrogens (tertiary/aromatic N) is 1. The molecule has 0 amide bonds. The number of benzene rings is 2. The maximum absolute atomic E-state index is 11.1. The van der Waals surface area contributed by atoms with Crippen molar-refractivity contribution in [2.24, 2.45) is 0 Å². The monoisotopic (exact) mass is 420 g/mol. The molecular formula is C24H24N2O3S. The largest absolute Gasteiger partial charge is 0.481 e. The van der Waals surface area contributed by atoms with Gasteiger partial charge in [-0.2, -0.15) is 0 Å². The van der Waals surface area contributed by atoms with Gasteiger partial charge in [0.2, 0.25) is 0 Å². The van der Waals surface area contributed by atoms with Crippen LogP contribution in [-0.4, -0.2) is 22.3 Å². The lowest BCUT2D eigenvalue weighted by Crippen LogP contribution is -2.07. The smallest absolute Gasteiger partial charge is 0.307 e. The Bertz CT molecular complexity index is 1070. The van der Waals surface area contributed by atoms with Gasteiger partial charge < -0.3 is 15.2 Å². The highest BCUT2D eigenvalue weighted by Crippen LogP contribution is 2.26. The number of carboxylic acid groups (broad SMARTS) is 1. The standard InChI is InChI=1S/C24H24N2O3S/c1-16(2)22-15-30-23(26-22)10-9-17-5-3-7-19(13-17)25-21-8-4-6-18(14-24(28)29)20(21)11-12-27/h3-10,12-13,15-16,25H,11,14H2,1-2H3,(H,28,29). The predicted octanol–water partition coefficient (Wildman–Crippen LogP) is 5.55. The van der Waals surface area contributed by atoms with E-state index >= 15 is 0 Å². The summed E-state index contributed by atoms with van der Waals surface area (Å²) in [7, 11) is 0. The molecule has 0 unspecified atom stereocenters. The molecule has 30 heavy (non-hydrogen) atoms. The number of carbonyl (C=O) groups is 2. The van der Waals surface area contributed by atoms with E-state index in [1.807, 2.05) is 42.5 Å². The van der Waals surface area contributed by atoms with Gasteiger partial charge in [-0.15, -0.1) is 11.3 Å². The van der Waals surface area contributed by atoms with Crippen LogP contribution in [0.25, 0.3) is 12.2 Å². The molecule has 0 radical (unpaired) electrons. The van der Waals surface area contributed by atoms with E-state index in [-0.39, 0.29) is 12.8 Å². The molecule has 0 aliphatic carbocycles. The number of anilines is 2. The Morgan fingerprint density at radius 3 is 2.70 bits per heavy atom. The molecule has 2 aromatic carbocycles. The molecule has 0 aliphatic rings. The molecule has 154 valence electrons. The van der Waals surface area contributed by atoms with Crippen molar-refractivity contribution in [2.45, 2.75) is 32.6 Å². The zero-order valence-electron chi connectivity index (χ0n) is 17.0. The Kier molecular flexibility index (Phi) is 7.14. The summed E-state index contributed by atoms with van der Waals surface area (Å²) in [5, 5.41) is 15.5. The van der Waals surface area contributed by atoms with Crippen molar-refractivity contribution in [3.8, 4) is 0 Å². The molecule has 0 bridgehead atoms. The fourth-order valence-corrected chi connectivity index (χ4v) is 3.96. The number of hydrogen-bond acceptors (Lipinski definition) is 5. The molecule has 6 heteroatoms. The van der Waals surface area contributed by atoms with Crippen LogP contribution in [0, 0.1) is 0 Å². The Balaban J connectivity index is 1.82. The molecule has 1 aromatic heterocycles. The van der Waals surface area contributed by atoms with Crippen LogP contribution in [0.5, 0.6) is 0 Å². The first-order valence-electron chi connectivity index (χ1n) is 9.73. The highest BCUT2D eigenvalue weighted by molar-refractivity contribution is 7.10. The number of aliphatic carboxylic acids is 1. The van der Waals surface area contributed by atoms with E-state index in [4.69, 9.17) is 5.11 Å². The van der Waals surface area contributed by atoms with Gasteiger partial charge in [0, 0.05) is 23.2 Å².